The number of rotatable bonds is 86. The van der Waals surface area contributed by atoms with E-state index in [-0.39, 0.29) is 18.5 Å². The Bertz CT molecular complexity index is 1530. The predicted molar refractivity (Wildman–Crippen MR) is 430 cm³/mol. The maximum atomic E-state index is 12.6. The first-order chi connectivity index (χ1) is 48.0. The number of hydrogen-bond acceptors (Lipinski definition) is 5. The highest BCUT2D eigenvalue weighted by molar-refractivity contribution is 5.76. The number of carbonyl (C=O) groups is 2. The first-order valence-corrected chi connectivity index (χ1v) is 45.1. The van der Waals surface area contributed by atoms with Crippen LogP contribution in [0, 0.1) is 0 Å². The molecule has 0 aliphatic rings. The summed E-state index contributed by atoms with van der Waals surface area (Å²) in [5.41, 5.74) is 0. The first kappa shape index (κ1) is 95.3. The summed E-state index contributed by atoms with van der Waals surface area (Å²) in [4.78, 5) is 24.7. The lowest BCUT2D eigenvalue weighted by Gasteiger charge is -2.22. The second-order valence-electron chi connectivity index (χ2n) is 31.3. The van der Waals surface area contributed by atoms with E-state index in [4.69, 9.17) is 4.74 Å². The maximum Gasteiger partial charge on any atom is 0.305 e. The third-order valence-corrected chi connectivity index (χ3v) is 21.5. The number of esters is 1. The molecule has 0 spiro atoms. The Morgan fingerprint density at radius 2 is 0.485 bits per heavy atom. The lowest BCUT2D eigenvalue weighted by atomic mass is 10.0. The zero-order valence-electron chi connectivity index (χ0n) is 66.4. The molecule has 0 saturated heterocycles. The Morgan fingerprint density at radius 1 is 0.278 bits per heavy atom. The molecule has 97 heavy (non-hydrogen) atoms. The zero-order chi connectivity index (χ0) is 69.8. The smallest absolute Gasteiger partial charge is 0.305 e. The van der Waals surface area contributed by atoms with Gasteiger partial charge in [-0.3, -0.25) is 9.59 Å². The Morgan fingerprint density at radius 3 is 0.732 bits per heavy atom. The van der Waals surface area contributed by atoms with Crippen molar-refractivity contribution in [3.63, 3.8) is 0 Å². The number of carbonyl (C=O) groups excluding carboxylic acids is 2. The molecule has 0 bridgehead atoms. The van der Waals surface area contributed by atoms with E-state index in [0.717, 1.165) is 44.9 Å². The van der Waals surface area contributed by atoms with Crippen molar-refractivity contribution in [3.05, 3.63) is 24.3 Å². The minimum atomic E-state index is -0.663. The van der Waals surface area contributed by atoms with Crippen LogP contribution in [0.25, 0.3) is 0 Å². The molecule has 0 rings (SSSR count). The first-order valence-electron chi connectivity index (χ1n) is 45.1. The van der Waals surface area contributed by atoms with Crippen LogP contribution in [0.1, 0.15) is 521 Å². The Kier molecular flexibility index (Phi) is 85.3. The highest BCUT2D eigenvalue weighted by atomic mass is 16.5. The van der Waals surface area contributed by atoms with Gasteiger partial charge in [0.15, 0.2) is 0 Å². The van der Waals surface area contributed by atoms with Gasteiger partial charge in [0.2, 0.25) is 5.91 Å². The van der Waals surface area contributed by atoms with Crippen LogP contribution in [0.15, 0.2) is 24.3 Å². The number of unbranched alkanes of at least 4 members (excludes halogenated alkanes) is 71. The molecule has 6 heteroatoms. The van der Waals surface area contributed by atoms with Gasteiger partial charge in [-0.1, -0.05) is 456 Å². The van der Waals surface area contributed by atoms with E-state index in [9.17, 15) is 19.8 Å². The van der Waals surface area contributed by atoms with Crippen molar-refractivity contribution in [1.82, 2.24) is 5.32 Å². The molecule has 1 amide bonds. The summed E-state index contributed by atoms with van der Waals surface area (Å²) in [6.45, 7) is 5.01. The summed E-state index contributed by atoms with van der Waals surface area (Å²) < 4.78 is 5.51. The van der Waals surface area contributed by atoms with Gasteiger partial charge in [0.1, 0.15) is 0 Å². The number of ether oxygens (including phenoxy) is 1. The van der Waals surface area contributed by atoms with Crippen molar-refractivity contribution in [2.24, 2.45) is 0 Å². The highest BCUT2D eigenvalue weighted by Gasteiger charge is 2.20. The summed E-state index contributed by atoms with van der Waals surface area (Å²) in [6.07, 6.45) is 113. The maximum absolute atomic E-state index is 12.6. The SMILES string of the molecule is CCCCCCCCC/C=C\CCCCCCCC(=O)OCCCCCCCCCCCCCCCCCCCC/C=C\CCCCCCCCCCCCCCCCCCCC(=O)NC(CO)C(O)CCCCCCCCCCCCCCCCCCCCCCCCCCC. The van der Waals surface area contributed by atoms with E-state index >= 15 is 0 Å². The molecule has 0 saturated carbocycles. The van der Waals surface area contributed by atoms with Gasteiger partial charge in [-0.25, -0.2) is 0 Å². The van der Waals surface area contributed by atoms with Gasteiger partial charge in [0, 0.05) is 12.8 Å². The Hall–Kier alpha value is -1.66. The van der Waals surface area contributed by atoms with Crippen molar-refractivity contribution >= 4 is 11.9 Å². The van der Waals surface area contributed by atoms with Gasteiger partial charge < -0.3 is 20.3 Å². The Labute approximate surface area is 609 Å². The van der Waals surface area contributed by atoms with E-state index in [0.29, 0.717) is 25.9 Å². The normalized spacial score (nSPS) is 12.5. The predicted octanol–water partition coefficient (Wildman–Crippen LogP) is 30.3. The number of hydrogen-bond donors (Lipinski definition) is 3. The highest BCUT2D eigenvalue weighted by Crippen LogP contribution is 2.21. The molecule has 0 aliphatic heterocycles. The van der Waals surface area contributed by atoms with Gasteiger partial charge in [0.25, 0.3) is 0 Å². The molecule has 576 valence electrons. The largest absolute Gasteiger partial charge is 0.466 e. The average molecular weight is 1370 g/mol. The third-order valence-electron chi connectivity index (χ3n) is 21.5. The monoisotopic (exact) mass is 1360 g/mol. The molecular weight excluding hydrogens is 1190 g/mol. The number of aliphatic hydroxyl groups excluding tert-OH is 2. The van der Waals surface area contributed by atoms with Crippen molar-refractivity contribution in [2.75, 3.05) is 13.2 Å². The summed E-state index contributed by atoms with van der Waals surface area (Å²) >= 11 is 0. The molecule has 0 aromatic heterocycles. The fourth-order valence-electron chi connectivity index (χ4n) is 14.6. The molecule has 6 nitrogen and oxygen atoms in total. The summed E-state index contributed by atoms with van der Waals surface area (Å²) in [7, 11) is 0. The number of allylic oxidation sites excluding steroid dienone is 4. The molecule has 0 radical (unpaired) electrons. The molecule has 2 atom stereocenters. The fraction of sp³-hybridized carbons (Fsp3) is 0.934. The van der Waals surface area contributed by atoms with Crippen molar-refractivity contribution in [3.8, 4) is 0 Å². The van der Waals surface area contributed by atoms with Crippen LogP contribution in [-0.4, -0.2) is 47.4 Å². The molecule has 0 fully saturated rings. The van der Waals surface area contributed by atoms with E-state index in [1.165, 1.54) is 443 Å². The van der Waals surface area contributed by atoms with E-state index < -0.39 is 12.1 Å². The van der Waals surface area contributed by atoms with E-state index in [2.05, 4.69) is 43.5 Å². The molecular formula is C91H177NO5. The van der Waals surface area contributed by atoms with Gasteiger partial charge >= 0.3 is 5.97 Å². The van der Waals surface area contributed by atoms with Gasteiger partial charge in [-0.05, 0) is 77.0 Å². The van der Waals surface area contributed by atoms with Crippen LogP contribution in [-0.2, 0) is 14.3 Å². The summed E-state index contributed by atoms with van der Waals surface area (Å²) in [6, 6.07) is -0.540. The number of nitrogens with one attached hydrogen (secondary N) is 1. The molecule has 0 heterocycles. The summed E-state index contributed by atoms with van der Waals surface area (Å²) in [5.74, 6) is -0.00762. The summed E-state index contributed by atoms with van der Waals surface area (Å²) in [5, 5.41) is 23.5. The molecule has 0 aromatic rings. The van der Waals surface area contributed by atoms with Crippen molar-refractivity contribution < 1.29 is 24.5 Å². The molecule has 3 N–H and O–H groups in total. The molecule has 0 aliphatic carbocycles. The van der Waals surface area contributed by atoms with Crippen LogP contribution in [0.5, 0.6) is 0 Å². The second kappa shape index (κ2) is 86.7. The lowest BCUT2D eigenvalue weighted by Crippen LogP contribution is -2.45. The second-order valence-corrected chi connectivity index (χ2v) is 31.3. The quantitative estimate of drug-likeness (QED) is 0.0320. The molecule has 0 aromatic carbocycles. The van der Waals surface area contributed by atoms with Crippen molar-refractivity contribution in [2.45, 2.75) is 533 Å². The van der Waals surface area contributed by atoms with Crippen molar-refractivity contribution in [1.29, 1.82) is 0 Å². The number of amides is 1. The minimum absolute atomic E-state index is 0.0163. The Balaban J connectivity index is 3.33. The fourth-order valence-corrected chi connectivity index (χ4v) is 14.6. The zero-order valence-corrected chi connectivity index (χ0v) is 66.4. The minimum Gasteiger partial charge on any atom is -0.466 e. The van der Waals surface area contributed by atoms with E-state index in [1.807, 2.05) is 0 Å². The third kappa shape index (κ3) is 83.2. The lowest BCUT2D eigenvalue weighted by molar-refractivity contribution is -0.143. The van der Waals surface area contributed by atoms with Gasteiger partial charge in [-0.2, -0.15) is 0 Å². The van der Waals surface area contributed by atoms with Crippen LogP contribution < -0.4 is 5.32 Å². The van der Waals surface area contributed by atoms with Crippen LogP contribution in [0.3, 0.4) is 0 Å². The van der Waals surface area contributed by atoms with Gasteiger partial charge in [-0.15, -0.1) is 0 Å². The van der Waals surface area contributed by atoms with Crippen LogP contribution in [0.4, 0.5) is 0 Å². The number of aliphatic hydroxyl groups is 2. The van der Waals surface area contributed by atoms with Crippen LogP contribution in [0.2, 0.25) is 0 Å². The standard InChI is InChI=1S/C91H177NO5/c1-3-5-7-9-11-13-15-17-19-21-22-23-24-40-43-46-49-52-55-59-63-67-71-75-79-83-89(94)88(87-93)92-90(95)84-80-76-72-68-64-60-56-53-50-47-44-41-38-36-34-32-30-28-26-25-27-29-31-33-35-37-39-42-45-48-51-54-58-62-66-70-74-78-82-86-97-91(96)85-81-77-73-69-65-61-57-20-18-16-14-12-10-8-6-4-2/h20,25-26,57,88-89,93-94H,3-19,21-24,27-56,58-87H2,1-2H3,(H,92,95)/b26-25-,57-20-. The average Bonchev–Trinajstić information content (AvgIpc) is 3.72. The molecule has 2 unspecified atom stereocenters. The van der Waals surface area contributed by atoms with E-state index in [1.54, 1.807) is 0 Å². The van der Waals surface area contributed by atoms with Gasteiger partial charge in [0.05, 0.1) is 25.4 Å². The topological polar surface area (TPSA) is 95.9 Å². The van der Waals surface area contributed by atoms with Crippen LogP contribution >= 0.6 is 0 Å².